The summed E-state index contributed by atoms with van der Waals surface area (Å²) >= 11 is 0. The molecule has 0 bridgehead atoms. The van der Waals surface area contributed by atoms with E-state index in [1.165, 1.54) is 0 Å². The van der Waals surface area contributed by atoms with Crippen LogP contribution in [0.4, 0.5) is 4.79 Å². The Morgan fingerprint density at radius 3 is 2.79 bits per heavy atom. The summed E-state index contributed by atoms with van der Waals surface area (Å²) in [6.07, 6.45) is 0.941. The van der Waals surface area contributed by atoms with Crippen molar-refractivity contribution < 1.29 is 24.2 Å². The van der Waals surface area contributed by atoms with E-state index in [9.17, 15) is 14.4 Å². The minimum atomic E-state index is -0.838. The first-order chi connectivity index (χ1) is 9.02. The number of nitrogens with one attached hydrogen (secondary N) is 1. The molecule has 108 valence electrons. The van der Waals surface area contributed by atoms with Crippen LogP contribution in [0, 0.1) is 5.92 Å². The zero-order valence-electron chi connectivity index (χ0n) is 11.1. The van der Waals surface area contributed by atoms with Crippen molar-refractivity contribution in [1.29, 1.82) is 0 Å². The number of carboxylic acid groups (broad SMARTS) is 1. The highest BCUT2D eigenvalue weighted by Crippen LogP contribution is 2.19. The van der Waals surface area contributed by atoms with E-state index in [0.29, 0.717) is 26.1 Å². The number of carboxylic acids is 1. The van der Waals surface area contributed by atoms with Crippen molar-refractivity contribution in [1.82, 2.24) is 10.2 Å². The molecule has 1 aliphatic rings. The maximum Gasteiger partial charge on any atom is 0.317 e. The Hall–Kier alpha value is -1.79. The molecule has 2 amide bonds. The van der Waals surface area contributed by atoms with E-state index in [1.54, 1.807) is 11.8 Å². The van der Waals surface area contributed by atoms with E-state index < -0.39 is 5.97 Å². The summed E-state index contributed by atoms with van der Waals surface area (Å²) in [5.74, 6) is -1.16. The number of likely N-dealkylation sites (tertiary alicyclic amines) is 1. The summed E-state index contributed by atoms with van der Waals surface area (Å²) in [4.78, 5) is 35.0. The first-order valence-corrected chi connectivity index (χ1v) is 6.43. The lowest BCUT2D eigenvalue weighted by molar-refractivity contribution is -0.143. The molecule has 7 nitrogen and oxygen atoms in total. The highest BCUT2D eigenvalue weighted by molar-refractivity contribution is 5.76. The lowest BCUT2D eigenvalue weighted by atomic mass is 10.1. The number of hydrogen-bond donors (Lipinski definition) is 2. The van der Waals surface area contributed by atoms with Crippen LogP contribution in [0.15, 0.2) is 0 Å². The molecule has 1 saturated heterocycles. The Bertz CT molecular complexity index is 345. The van der Waals surface area contributed by atoms with Gasteiger partial charge in [-0.25, -0.2) is 4.79 Å². The van der Waals surface area contributed by atoms with Gasteiger partial charge in [-0.15, -0.1) is 0 Å². The second kappa shape index (κ2) is 7.60. The molecule has 1 unspecified atom stereocenters. The SMILES string of the molecule is CCOC(=O)CCNC(=O)N1CCC(CC(=O)O)C1. The molecule has 1 fully saturated rings. The van der Waals surface area contributed by atoms with Crippen molar-refractivity contribution in [2.24, 2.45) is 5.92 Å². The summed E-state index contributed by atoms with van der Waals surface area (Å²) in [5.41, 5.74) is 0. The van der Waals surface area contributed by atoms with Gasteiger partial charge in [0.1, 0.15) is 0 Å². The smallest absolute Gasteiger partial charge is 0.317 e. The number of hydrogen-bond acceptors (Lipinski definition) is 4. The summed E-state index contributed by atoms with van der Waals surface area (Å²) < 4.78 is 4.74. The number of esters is 1. The number of aliphatic carboxylic acids is 1. The molecule has 7 heteroatoms. The topological polar surface area (TPSA) is 95.9 Å². The maximum atomic E-state index is 11.7. The fraction of sp³-hybridized carbons (Fsp3) is 0.750. The summed E-state index contributed by atoms with van der Waals surface area (Å²) in [5, 5.41) is 11.3. The lowest BCUT2D eigenvalue weighted by Gasteiger charge is -2.16. The molecule has 19 heavy (non-hydrogen) atoms. The third kappa shape index (κ3) is 5.58. The minimum Gasteiger partial charge on any atom is -0.481 e. The quantitative estimate of drug-likeness (QED) is 0.684. The summed E-state index contributed by atoms with van der Waals surface area (Å²) in [6, 6.07) is -0.253. The van der Waals surface area contributed by atoms with Crippen molar-refractivity contribution in [3.63, 3.8) is 0 Å². The summed E-state index contributed by atoms with van der Waals surface area (Å²) in [7, 11) is 0. The Kier molecular flexibility index (Phi) is 6.11. The molecule has 0 saturated carbocycles. The van der Waals surface area contributed by atoms with Crippen molar-refractivity contribution in [3.8, 4) is 0 Å². The average Bonchev–Trinajstić information content (AvgIpc) is 2.77. The van der Waals surface area contributed by atoms with Gasteiger partial charge < -0.3 is 20.1 Å². The first-order valence-electron chi connectivity index (χ1n) is 6.43. The molecule has 1 rings (SSSR count). The monoisotopic (exact) mass is 272 g/mol. The number of urea groups is 1. The van der Waals surface area contributed by atoms with Crippen LogP contribution in [0.3, 0.4) is 0 Å². The number of carbonyl (C=O) groups is 3. The van der Waals surface area contributed by atoms with Gasteiger partial charge in [-0.2, -0.15) is 0 Å². The van der Waals surface area contributed by atoms with Crippen LogP contribution in [0.1, 0.15) is 26.2 Å². The van der Waals surface area contributed by atoms with Crippen LogP contribution < -0.4 is 5.32 Å². The molecule has 0 radical (unpaired) electrons. The third-order valence-corrected chi connectivity index (χ3v) is 2.95. The van der Waals surface area contributed by atoms with Gasteiger partial charge in [-0.3, -0.25) is 9.59 Å². The molecule has 0 aromatic heterocycles. The molecule has 0 aromatic carbocycles. The molecule has 0 aromatic rings. The normalized spacial score (nSPS) is 18.2. The second-order valence-electron chi connectivity index (χ2n) is 4.49. The Morgan fingerprint density at radius 1 is 1.42 bits per heavy atom. The van der Waals surface area contributed by atoms with Gasteiger partial charge in [0.25, 0.3) is 0 Å². The molecule has 0 aliphatic carbocycles. The van der Waals surface area contributed by atoms with Crippen molar-refractivity contribution >= 4 is 18.0 Å². The van der Waals surface area contributed by atoms with Crippen molar-refractivity contribution in [2.75, 3.05) is 26.2 Å². The maximum absolute atomic E-state index is 11.7. The highest BCUT2D eigenvalue weighted by atomic mass is 16.5. The molecule has 1 atom stereocenters. The van der Waals surface area contributed by atoms with Crippen LogP contribution in [0.25, 0.3) is 0 Å². The fourth-order valence-electron chi connectivity index (χ4n) is 2.05. The number of carbonyl (C=O) groups excluding carboxylic acids is 2. The minimum absolute atomic E-state index is 0.0216. The lowest BCUT2D eigenvalue weighted by Crippen LogP contribution is -2.39. The molecular formula is C12H20N2O5. The standard InChI is InChI=1S/C12H20N2O5/c1-2-19-11(17)3-5-13-12(18)14-6-4-9(8-14)7-10(15)16/h9H,2-8H2,1H3,(H,13,18)(H,15,16). The second-order valence-corrected chi connectivity index (χ2v) is 4.49. The van der Waals surface area contributed by atoms with Crippen molar-refractivity contribution in [3.05, 3.63) is 0 Å². The fourth-order valence-corrected chi connectivity index (χ4v) is 2.05. The van der Waals surface area contributed by atoms with E-state index in [0.717, 1.165) is 0 Å². The van der Waals surface area contributed by atoms with Crippen LogP contribution in [-0.4, -0.2) is 54.2 Å². The van der Waals surface area contributed by atoms with Crippen LogP contribution in [0.5, 0.6) is 0 Å². The molecule has 0 spiro atoms. The number of amides is 2. The zero-order chi connectivity index (χ0) is 14.3. The highest BCUT2D eigenvalue weighted by Gasteiger charge is 2.27. The number of nitrogens with zero attached hydrogens (tertiary/aromatic N) is 1. The third-order valence-electron chi connectivity index (χ3n) is 2.95. The van der Waals surface area contributed by atoms with Crippen LogP contribution >= 0.6 is 0 Å². The van der Waals surface area contributed by atoms with Gasteiger partial charge in [0.15, 0.2) is 0 Å². The Morgan fingerprint density at radius 2 is 2.16 bits per heavy atom. The van der Waals surface area contributed by atoms with E-state index in [1.807, 2.05) is 0 Å². The van der Waals surface area contributed by atoms with E-state index in [4.69, 9.17) is 9.84 Å². The van der Waals surface area contributed by atoms with Crippen LogP contribution in [-0.2, 0) is 14.3 Å². The zero-order valence-corrected chi connectivity index (χ0v) is 11.1. The van der Waals surface area contributed by atoms with Gasteiger partial charge in [0, 0.05) is 26.1 Å². The van der Waals surface area contributed by atoms with E-state index in [2.05, 4.69) is 5.32 Å². The molecule has 2 N–H and O–H groups in total. The average molecular weight is 272 g/mol. The Balaban J connectivity index is 2.20. The van der Waals surface area contributed by atoms with Gasteiger partial charge in [0.2, 0.25) is 0 Å². The van der Waals surface area contributed by atoms with E-state index in [-0.39, 0.29) is 37.3 Å². The predicted octanol–water partition coefficient (Wildman–Crippen LogP) is 0.446. The number of ether oxygens (including phenoxy) is 1. The van der Waals surface area contributed by atoms with Gasteiger partial charge in [-0.05, 0) is 19.3 Å². The van der Waals surface area contributed by atoms with Gasteiger partial charge in [0.05, 0.1) is 13.0 Å². The largest absolute Gasteiger partial charge is 0.481 e. The van der Waals surface area contributed by atoms with Gasteiger partial charge in [-0.1, -0.05) is 0 Å². The molecule has 1 aliphatic heterocycles. The number of rotatable bonds is 6. The molecular weight excluding hydrogens is 252 g/mol. The Labute approximate surface area is 111 Å². The van der Waals surface area contributed by atoms with Gasteiger partial charge >= 0.3 is 18.0 Å². The summed E-state index contributed by atoms with van der Waals surface area (Å²) in [6.45, 7) is 3.30. The van der Waals surface area contributed by atoms with Crippen LogP contribution in [0.2, 0.25) is 0 Å². The predicted molar refractivity (Wildman–Crippen MR) is 66.6 cm³/mol. The van der Waals surface area contributed by atoms with E-state index >= 15 is 0 Å². The first kappa shape index (κ1) is 15.3. The molecule has 1 heterocycles. The van der Waals surface area contributed by atoms with Crippen molar-refractivity contribution in [2.45, 2.75) is 26.2 Å².